The van der Waals surface area contributed by atoms with E-state index < -0.39 is 0 Å². The van der Waals surface area contributed by atoms with Crippen molar-refractivity contribution in [2.45, 2.75) is 6.54 Å². The lowest BCUT2D eigenvalue weighted by atomic mass is 10.1. The van der Waals surface area contributed by atoms with Gasteiger partial charge in [0.15, 0.2) is 0 Å². The molecule has 2 rings (SSSR count). The van der Waals surface area contributed by atoms with E-state index in [-0.39, 0.29) is 0 Å². The normalized spacial score (nSPS) is 10.2. The van der Waals surface area contributed by atoms with Crippen LogP contribution in [0, 0.1) is 0 Å². The van der Waals surface area contributed by atoms with Crippen molar-refractivity contribution in [2.24, 2.45) is 0 Å². The molecule has 0 spiro atoms. The Morgan fingerprint density at radius 3 is 2.30 bits per heavy atom. The van der Waals surface area contributed by atoms with Crippen LogP contribution in [-0.2, 0) is 6.54 Å². The van der Waals surface area contributed by atoms with Crippen molar-refractivity contribution in [1.82, 2.24) is 0 Å². The molecule has 2 aromatic carbocycles. The number of anilines is 2. The zero-order valence-corrected chi connectivity index (χ0v) is 12.1. The molecule has 0 saturated heterocycles. The van der Waals surface area contributed by atoms with Crippen molar-refractivity contribution in [2.75, 3.05) is 31.9 Å². The number of hydrogen-bond donors (Lipinski definition) is 1. The maximum Gasteiger partial charge on any atom is 0.123 e. The van der Waals surface area contributed by atoms with Crippen molar-refractivity contribution in [3.8, 4) is 11.5 Å². The molecular formula is C16H20N2O2. The van der Waals surface area contributed by atoms with Crippen LogP contribution in [0.2, 0.25) is 0 Å². The van der Waals surface area contributed by atoms with Gasteiger partial charge in [-0.2, -0.15) is 0 Å². The molecule has 0 radical (unpaired) electrons. The van der Waals surface area contributed by atoms with E-state index in [4.69, 9.17) is 15.2 Å². The van der Waals surface area contributed by atoms with Crippen LogP contribution in [0.15, 0.2) is 42.5 Å². The van der Waals surface area contributed by atoms with E-state index >= 15 is 0 Å². The number of hydrogen-bond acceptors (Lipinski definition) is 4. The zero-order chi connectivity index (χ0) is 14.5. The summed E-state index contributed by atoms with van der Waals surface area (Å²) in [5.41, 5.74) is 8.75. The van der Waals surface area contributed by atoms with Crippen LogP contribution in [0.5, 0.6) is 11.5 Å². The van der Waals surface area contributed by atoms with Crippen LogP contribution in [0.4, 0.5) is 11.4 Å². The molecule has 0 bridgehead atoms. The molecule has 0 fully saturated rings. The van der Waals surface area contributed by atoms with Crippen LogP contribution in [-0.4, -0.2) is 21.3 Å². The Labute approximate surface area is 119 Å². The summed E-state index contributed by atoms with van der Waals surface area (Å²) in [6.07, 6.45) is 0. The monoisotopic (exact) mass is 272 g/mol. The molecule has 0 heterocycles. The third kappa shape index (κ3) is 3.15. The van der Waals surface area contributed by atoms with Gasteiger partial charge in [-0.15, -0.1) is 0 Å². The van der Waals surface area contributed by atoms with Gasteiger partial charge in [-0.3, -0.25) is 0 Å². The van der Waals surface area contributed by atoms with Gasteiger partial charge in [0.05, 0.1) is 14.2 Å². The number of ether oxygens (including phenoxy) is 2. The highest BCUT2D eigenvalue weighted by molar-refractivity contribution is 5.52. The molecule has 0 aliphatic heterocycles. The lowest BCUT2D eigenvalue weighted by Gasteiger charge is -2.21. The average molecular weight is 272 g/mol. The topological polar surface area (TPSA) is 47.7 Å². The Bertz CT molecular complexity index is 567. The summed E-state index contributed by atoms with van der Waals surface area (Å²) in [5, 5.41) is 0. The van der Waals surface area contributed by atoms with E-state index in [1.54, 1.807) is 14.2 Å². The minimum Gasteiger partial charge on any atom is -0.497 e. The van der Waals surface area contributed by atoms with Crippen LogP contribution in [0.3, 0.4) is 0 Å². The first kappa shape index (κ1) is 14.1. The highest BCUT2D eigenvalue weighted by Crippen LogP contribution is 2.25. The summed E-state index contributed by atoms with van der Waals surface area (Å²) >= 11 is 0. The molecule has 0 amide bonds. The van der Waals surface area contributed by atoms with Crippen molar-refractivity contribution in [1.29, 1.82) is 0 Å². The Hall–Kier alpha value is -2.36. The van der Waals surface area contributed by atoms with Crippen LogP contribution < -0.4 is 20.1 Å². The Balaban J connectivity index is 2.17. The summed E-state index contributed by atoms with van der Waals surface area (Å²) in [6.45, 7) is 0.723. The standard InChI is InChI=1S/C16H20N2O2/c1-18(14-5-7-15(19-2)8-6-14)11-12-10-13(17)4-9-16(12)20-3/h4-10H,11,17H2,1-3H3. The van der Waals surface area contributed by atoms with E-state index in [0.717, 1.165) is 35.0 Å². The van der Waals surface area contributed by atoms with Gasteiger partial charge in [-0.25, -0.2) is 0 Å². The van der Waals surface area contributed by atoms with E-state index in [9.17, 15) is 0 Å². The third-order valence-corrected chi connectivity index (χ3v) is 3.23. The molecule has 0 saturated carbocycles. The SMILES string of the molecule is COc1ccc(N(C)Cc2cc(N)ccc2OC)cc1. The van der Waals surface area contributed by atoms with Gasteiger partial charge >= 0.3 is 0 Å². The fourth-order valence-corrected chi connectivity index (χ4v) is 2.11. The van der Waals surface area contributed by atoms with E-state index in [1.807, 2.05) is 49.5 Å². The second kappa shape index (κ2) is 6.19. The number of nitrogens with zero attached hydrogens (tertiary/aromatic N) is 1. The first-order chi connectivity index (χ1) is 9.63. The Morgan fingerprint density at radius 1 is 1.00 bits per heavy atom. The van der Waals surface area contributed by atoms with Gasteiger partial charge in [0.2, 0.25) is 0 Å². The fourth-order valence-electron chi connectivity index (χ4n) is 2.11. The van der Waals surface area contributed by atoms with E-state index in [0.29, 0.717) is 0 Å². The van der Waals surface area contributed by atoms with Crippen LogP contribution >= 0.6 is 0 Å². The Morgan fingerprint density at radius 2 is 1.70 bits per heavy atom. The third-order valence-electron chi connectivity index (χ3n) is 3.23. The van der Waals surface area contributed by atoms with Gasteiger partial charge in [-0.05, 0) is 42.5 Å². The van der Waals surface area contributed by atoms with Crippen LogP contribution in [0.25, 0.3) is 0 Å². The highest BCUT2D eigenvalue weighted by Gasteiger charge is 2.08. The van der Waals surface area contributed by atoms with Gasteiger partial charge in [0, 0.05) is 30.5 Å². The fraction of sp³-hybridized carbons (Fsp3) is 0.250. The first-order valence-electron chi connectivity index (χ1n) is 6.41. The molecule has 2 aromatic rings. The molecule has 0 unspecified atom stereocenters. The number of benzene rings is 2. The molecular weight excluding hydrogens is 252 g/mol. The molecule has 0 aromatic heterocycles. The van der Waals surface area contributed by atoms with Gasteiger partial charge in [0.1, 0.15) is 11.5 Å². The second-order valence-corrected chi connectivity index (χ2v) is 4.63. The van der Waals surface area contributed by atoms with E-state index in [1.165, 1.54) is 0 Å². The Kier molecular flexibility index (Phi) is 4.35. The molecule has 4 nitrogen and oxygen atoms in total. The lowest BCUT2D eigenvalue weighted by molar-refractivity contribution is 0.409. The molecule has 106 valence electrons. The lowest BCUT2D eigenvalue weighted by Crippen LogP contribution is -2.17. The predicted molar refractivity (Wildman–Crippen MR) is 82.5 cm³/mol. The number of nitrogen functional groups attached to an aromatic ring is 1. The second-order valence-electron chi connectivity index (χ2n) is 4.63. The molecule has 2 N–H and O–H groups in total. The summed E-state index contributed by atoms with van der Waals surface area (Å²) in [6, 6.07) is 13.6. The molecule has 0 aliphatic rings. The smallest absolute Gasteiger partial charge is 0.123 e. The summed E-state index contributed by atoms with van der Waals surface area (Å²) in [7, 11) is 5.36. The van der Waals surface area contributed by atoms with E-state index in [2.05, 4.69) is 4.90 Å². The van der Waals surface area contributed by atoms with Crippen molar-refractivity contribution in [3.63, 3.8) is 0 Å². The average Bonchev–Trinajstić information content (AvgIpc) is 2.47. The number of methoxy groups -OCH3 is 2. The van der Waals surface area contributed by atoms with Gasteiger partial charge in [0.25, 0.3) is 0 Å². The summed E-state index contributed by atoms with van der Waals surface area (Å²) < 4.78 is 10.5. The molecule has 0 aliphatic carbocycles. The quantitative estimate of drug-likeness (QED) is 0.850. The minimum absolute atomic E-state index is 0.723. The van der Waals surface area contributed by atoms with Gasteiger partial charge in [-0.1, -0.05) is 0 Å². The molecule has 4 heteroatoms. The minimum atomic E-state index is 0.723. The van der Waals surface area contributed by atoms with Crippen molar-refractivity contribution in [3.05, 3.63) is 48.0 Å². The highest BCUT2D eigenvalue weighted by atomic mass is 16.5. The van der Waals surface area contributed by atoms with Gasteiger partial charge < -0.3 is 20.1 Å². The first-order valence-corrected chi connectivity index (χ1v) is 6.41. The molecule has 0 atom stereocenters. The van der Waals surface area contributed by atoms with Crippen LogP contribution in [0.1, 0.15) is 5.56 Å². The zero-order valence-electron chi connectivity index (χ0n) is 12.1. The maximum absolute atomic E-state index is 5.84. The number of nitrogens with two attached hydrogens (primary N) is 1. The maximum atomic E-state index is 5.84. The van der Waals surface area contributed by atoms with Crippen molar-refractivity contribution >= 4 is 11.4 Å². The number of rotatable bonds is 5. The predicted octanol–water partition coefficient (Wildman–Crippen LogP) is 2.92. The largest absolute Gasteiger partial charge is 0.497 e. The molecule has 20 heavy (non-hydrogen) atoms. The van der Waals surface area contributed by atoms with Crippen molar-refractivity contribution < 1.29 is 9.47 Å². The summed E-state index contributed by atoms with van der Waals surface area (Å²) in [5.74, 6) is 1.70. The summed E-state index contributed by atoms with van der Waals surface area (Å²) in [4.78, 5) is 2.14.